The second-order valence-electron chi connectivity index (χ2n) is 5.98. The molecule has 4 heteroatoms. The van der Waals surface area contributed by atoms with Crippen molar-refractivity contribution in [3.63, 3.8) is 0 Å². The van der Waals surface area contributed by atoms with Crippen LogP contribution in [-0.4, -0.2) is 30.1 Å². The van der Waals surface area contributed by atoms with Gasteiger partial charge in [0.05, 0.1) is 6.10 Å². The lowest BCUT2D eigenvalue weighted by Gasteiger charge is -2.13. The fourth-order valence-corrected chi connectivity index (χ4v) is 3.16. The Morgan fingerprint density at radius 2 is 2.14 bits per heavy atom. The molecule has 0 spiro atoms. The smallest absolute Gasteiger partial charge is 0.251 e. The van der Waals surface area contributed by atoms with E-state index >= 15 is 0 Å². The Hall–Kier alpha value is -1.81. The second-order valence-corrected chi connectivity index (χ2v) is 5.98. The van der Waals surface area contributed by atoms with Gasteiger partial charge in [-0.15, -0.1) is 0 Å². The summed E-state index contributed by atoms with van der Waals surface area (Å²) in [5, 5.41) is 4.25. The molecule has 2 unspecified atom stereocenters. The zero-order valence-corrected chi connectivity index (χ0v) is 12.8. The van der Waals surface area contributed by atoms with E-state index in [0.29, 0.717) is 0 Å². The molecular weight excluding hydrogens is 264 g/mol. The number of benzene rings is 1. The number of H-pyrrole nitrogens is 1. The molecule has 1 heterocycles. The molecule has 1 aromatic carbocycles. The van der Waals surface area contributed by atoms with Gasteiger partial charge in [0.1, 0.15) is 0 Å². The third-order valence-electron chi connectivity index (χ3n) is 4.62. The zero-order valence-electron chi connectivity index (χ0n) is 12.8. The molecule has 0 aliphatic heterocycles. The van der Waals surface area contributed by atoms with Crippen LogP contribution < -0.4 is 5.32 Å². The van der Waals surface area contributed by atoms with Crippen molar-refractivity contribution in [1.82, 2.24) is 10.3 Å². The summed E-state index contributed by atoms with van der Waals surface area (Å²) in [5.74, 6) is 0.0110. The number of hydrogen-bond acceptors (Lipinski definition) is 2. The summed E-state index contributed by atoms with van der Waals surface area (Å²) in [6.45, 7) is 4.13. The Morgan fingerprint density at radius 1 is 1.33 bits per heavy atom. The Balaban J connectivity index is 1.77. The van der Waals surface area contributed by atoms with E-state index in [9.17, 15) is 4.79 Å². The molecule has 1 aliphatic rings. The predicted octanol–water partition coefficient (Wildman–Crippen LogP) is 3.08. The zero-order chi connectivity index (χ0) is 15.0. The van der Waals surface area contributed by atoms with Crippen LogP contribution in [0.15, 0.2) is 18.2 Å². The monoisotopic (exact) mass is 286 g/mol. The second kappa shape index (κ2) is 5.53. The quantitative estimate of drug-likeness (QED) is 0.911. The first-order chi connectivity index (χ1) is 10.1. The maximum atomic E-state index is 12.4. The van der Waals surface area contributed by atoms with Gasteiger partial charge < -0.3 is 15.0 Å². The number of nitrogens with one attached hydrogen (secondary N) is 2. The average molecular weight is 286 g/mol. The number of fused-ring (bicyclic) bond motifs is 1. The van der Waals surface area contributed by atoms with E-state index in [1.807, 2.05) is 18.2 Å². The van der Waals surface area contributed by atoms with Crippen molar-refractivity contribution < 1.29 is 9.53 Å². The molecule has 1 fully saturated rings. The SMILES string of the molecule is COC1CCC(NC(=O)c2ccc3[nH]c(C)c(C)c3c2)C1. The predicted molar refractivity (Wildman–Crippen MR) is 83.7 cm³/mol. The molecule has 2 atom stereocenters. The lowest BCUT2D eigenvalue weighted by Crippen LogP contribution is -2.33. The summed E-state index contributed by atoms with van der Waals surface area (Å²) in [5.41, 5.74) is 4.17. The summed E-state index contributed by atoms with van der Waals surface area (Å²) in [4.78, 5) is 15.7. The van der Waals surface area contributed by atoms with Gasteiger partial charge >= 0.3 is 0 Å². The highest BCUT2D eigenvalue weighted by molar-refractivity contribution is 5.99. The number of rotatable bonds is 3. The van der Waals surface area contributed by atoms with Gasteiger partial charge in [0.25, 0.3) is 5.91 Å². The summed E-state index contributed by atoms with van der Waals surface area (Å²) in [7, 11) is 1.74. The van der Waals surface area contributed by atoms with Crippen molar-refractivity contribution in [2.75, 3.05) is 7.11 Å². The van der Waals surface area contributed by atoms with E-state index in [1.165, 1.54) is 5.56 Å². The van der Waals surface area contributed by atoms with Crippen LogP contribution >= 0.6 is 0 Å². The number of carbonyl (C=O) groups is 1. The van der Waals surface area contributed by atoms with Gasteiger partial charge in [-0.2, -0.15) is 0 Å². The van der Waals surface area contributed by atoms with Crippen molar-refractivity contribution in [2.45, 2.75) is 45.3 Å². The molecular formula is C17H22N2O2. The first-order valence-electron chi connectivity index (χ1n) is 7.51. The molecule has 21 heavy (non-hydrogen) atoms. The van der Waals surface area contributed by atoms with Gasteiger partial charge in [-0.1, -0.05) is 0 Å². The van der Waals surface area contributed by atoms with E-state index in [2.05, 4.69) is 24.1 Å². The minimum atomic E-state index is 0.0110. The number of aromatic nitrogens is 1. The lowest BCUT2D eigenvalue weighted by atomic mass is 10.1. The molecule has 0 radical (unpaired) electrons. The van der Waals surface area contributed by atoms with Crippen LogP contribution in [0, 0.1) is 13.8 Å². The third-order valence-corrected chi connectivity index (χ3v) is 4.62. The highest BCUT2D eigenvalue weighted by Crippen LogP contribution is 2.24. The Bertz CT molecular complexity index is 675. The minimum absolute atomic E-state index is 0.0110. The van der Waals surface area contributed by atoms with Crippen molar-refractivity contribution in [3.8, 4) is 0 Å². The summed E-state index contributed by atoms with van der Waals surface area (Å²) >= 11 is 0. The molecule has 1 aromatic heterocycles. The highest BCUT2D eigenvalue weighted by atomic mass is 16.5. The summed E-state index contributed by atoms with van der Waals surface area (Å²) < 4.78 is 5.35. The molecule has 4 nitrogen and oxygen atoms in total. The van der Waals surface area contributed by atoms with Crippen molar-refractivity contribution >= 4 is 16.8 Å². The Kier molecular flexibility index (Phi) is 3.72. The number of amides is 1. The molecule has 2 aromatic rings. The maximum Gasteiger partial charge on any atom is 0.251 e. The molecule has 1 aliphatic carbocycles. The maximum absolute atomic E-state index is 12.4. The first-order valence-corrected chi connectivity index (χ1v) is 7.51. The number of ether oxygens (including phenoxy) is 1. The van der Waals surface area contributed by atoms with Crippen LogP contribution in [0.5, 0.6) is 0 Å². The third kappa shape index (κ3) is 2.68. The number of hydrogen-bond donors (Lipinski definition) is 2. The molecule has 0 saturated heterocycles. The van der Waals surface area contributed by atoms with E-state index in [-0.39, 0.29) is 18.1 Å². The van der Waals surface area contributed by atoms with Crippen LogP contribution in [0.1, 0.15) is 40.9 Å². The fraction of sp³-hybridized carbons (Fsp3) is 0.471. The fourth-order valence-electron chi connectivity index (χ4n) is 3.16. The topological polar surface area (TPSA) is 54.1 Å². The molecule has 3 rings (SSSR count). The molecule has 1 amide bonds. The number of aromatic amines is 1. The summed E-state index contributed by atoms with van der Waals surface area (Å²) in [6, 6.07) is 6.08. The van der Waals surface area contributed by atoms with Gasteiger partial charge in [0.15, 0.2) is 0 Å². The standard InChI is InChI=1S/C17H22N2O2/c1-10-11(2)18-16-7-4-12(8-15(10)16)17(20)19-13-5-6-14(9-13)21-3/h4,7-8,13-14,18H,5-6,9H2,1-3H3,(H,19,20). The van der Waals surface area contributed by atoms with E-state index in [1.54, 1.807) is 7.11 Å². The van der Waals surface area contributed by atoms with Crippen LogP contribution in [0.3, 0.4) is 0 Å². The average Bonchev–Trinajstić information content (AvgIpc) is 3.04. The first kappa shape index (κ1) is 14.1. The molecule has 112 valence electrons. The Labute approximate surface area is 124 Å². The van der Waals surface area contributed by atoms with E-state index in [4.69, 9.17) is 4.74 Å². The van der Waals surface area contributed by atoms with Crippen molar-refractivity contribution in [1.29, 1.82) is 0 Å². The molecule has 0 bridgehead atoms. The van der Waals surface area contributed by atoms with Gasteiger partial charge in [-0.3, -0.25) is 4.79 Å². The van der Waals surface area contributed by atoms with Crippen molar-refractivity contribution in [2.24, 2.45) is 0 Å². The van der Waals surface area contributed by atoms with Crippen LogP contribution in [-0.2, 0) is 4.74 Å². The van der Waals surface area contributed by atoms with Gasteiger partial charge in [-0.05, 0) is 56.9 Å². The normalized spacial score (nSPS) is 21.9. The Morgan fingerprint density at radius 3 is 2.86 bits per heavy atom. The number of aryl methyl sites for hydroxylation is 2. The van der Waals surface area contributed by atoms with Crippen LogP contribution in [0.2, 0.25) is 0 Å². The van der Waals surface area contributed by atoms with Gasteiger partial charge in [0, 0.05) is 35.3 Å². The van der Waals surface area contributed by atoms with Crippen LogP contribution in [0.4, 0.5) is 0 Å². The van der Waals surface area contributed by atoms with Crippen molar-refractivity contribution in [3.05, 3.63) is 35.0 Å². The van der Waals surface area contributed by atoms with Gasteiger partial charge in [-0.25, -0.2) is 0 Å². The number of methoxy groups -OCH3 is 1. The van der Waals surface area contributed by atoms with Crippen LogP contribution in [0.25, 0.3) is 10.9 Å². The lowest BCUT2D eigenvalue weighted by molar-refractivity contribution is 0.0915. The van der Waals surface area contributed by atoms with E-state index in [0.717, 1.165) is 41.4 Å². The molecule has 2 N–H and O–H groups in total. The van der Waals surface area contributed by atoms with E-state index < -0.39 is 0 Å². The van der Waals surface area contributed by atoms with Gasteiger partial charge in [0.2, 0.25) is 0 Å². The highest BCUT2D eigenvalue weighted by Gasteiger charge is 2.26. The molecule has 1 saturated carbocycles. The summed E-state index contributed by atoms with van der Waals surface area (Å²) in [6.07, 6.45) is 3.21. The largest absolute Gasteiger partial charge is 0.381 e. The minimum Gasteiger partial charge on any atom is -0.381 e. The number of carbonyl (C=O) groups excluding carboxylic acids is 1.